The zero-order chi connectivity index (χ0) is 29.4. The van der Waals surface area contributed by atoms with Gasteiger partial charge in [0.25, 0.3) is 0 Å². The first-order chi connectivity index (χ1) is 20.1. The second-order valence-corrected chi connectivity index (χ2v) is 12.2. The zero-order valence-electron chi connectivity index (χ0n) is 23.0. The van der Waals surface area contributed by atoms with Gasteiger partial charge < -0.3 is 4.90 Å². The van der Waals surface area contributed by atoms with Gasteiger partial charge >= 0.3 is 12.4 Å². The van der Waals surface area contributed by atoms with Crippen molar-refractivity contribution in [3.05, 3.63) is 107 Å². The molecule has 2 fully saturated rings. The first-order valence-electron chi connectivity index (χ1n) is 14.8. The Morgan fingerprint density at radius 2 is 1.02 bits per heavy atom. The van der Waals surface area contributed by atoms with Crippen LogP contribution in [-0.4, -0.2) is 29.2 Å². The van der Waals surface area contributed by atoms with Crippen LogP contribution in [0, 0.1) is 6.92 Å². The van der Waals surface area contributed by atoms with Crippen molar-refractivity contribution in [1.82, 2.24) is 4.90 Å². The van der Waals surface area contributed by atoms with Gasteiger partial charge in [0.1, 0.15) is 0 Å². The molecular weight excluding hydrogens is 550 g/mol. The summed E-state index contributed by atoms with van der Waals surface area (Å²) in [5.41, 5.74) is 1.73. The summed E-state index contributed by atoms with van der Waals surface area (Å²) in [6, 6.07) is 17.6. The molecule has 1 unspecified atom stereocenters. The number of rotatable bonds is 2. The van der Waals surface area contributed by atoms with Gasteiger partial charge in [0.2, 0.25) is 0 Å². The maximum Gasteiger partial charge on any atom is 0.416 e. The molecule has 3 aromatic carbocycles. The van der Waals surface area contributed by atoms with E-state index in [2.05, 4.69) is 29.2 Å². The van der Waals surface area contributed by atoms with E-state index in [0.717, 1.165) is 61.8 Å². The fraction of sp³-hybridized carbons (Fsp3) is 0.441. The summed E-state index contributed by atoms with van der Waals surface area (Å²) in [4.78, 5) is 3.96. The average molecular weight is 583 g/mol. The highest BCUT2D eigenvalue weighted by molar-refractivity contribution is 5.65. The van der Waals surface area contributed by atoms with Crippen molar-refractivity contribution < 1.29 is 26.3 Å². The van der Waals surface area contributed by atoms with Crippen LogP contribution < -0.4 is 4.90 Å². The molecule has 1 saturated carbocycles. The van der Waals surface area contributed by atoms with E-state index in [4.69, 9.17) is 6.92 Å². The van der Waals surface area contributed by atoms with Crippen molar-refractivity contribution in [3.8, 4) is 0 Å². The molecule has 3 atom stereocenters. The van der Waals surface area contributed by atoms with E-state index >= 15 is 0 Å². The summed E-state index contributed by atoms with van der Waals surface area (Å²) in [5, 5.41) is 0. The van der Waals surface area contributed by atoms with Gasteiger partial charge in [-0.2, -0.15) is 26.3 Å². The molecule has 5 aliphatic rings. The van der Waals surface area contributed by atoms with E-state index in [-0.39, 0.29) is 35.7 Å². The van der Waals surface area contributed by atoms with Gasteiger partial charge in [-0.1, -0.05) is 80.6 Å². The number of hydrogen-bond acceptors (Lipinski definition) is 2. The van der Waals surface area contributed by atoms with Gasteiger partial charge in [-0.3, -0.25) is 4.90 Å². The van der Waals surface area contributed by atoms with Crippen LogP contribution in [0.2, 0.25) is 0 Å². The Hall–Kier alpha value is -3.00. The molecule has 4 aliphatic carbocycles. The molecule has 0 amide bonds. The quantitative estimate of drug-likeness (QED) is 0.278. The first kappa shape index (κ1) is 27.8. The summed E-state index contributed by atoms with van der Waals surface area (Å²) in [5.74, 6) is -0.345. The average Bonchev–Trinajstić information content (AvgIpc) is 3.24. The van der Waals surface area contributed by atoms with Crippen LogP contribution >= 0.6 is 0 Å². The lowest BCUT2D eigenvalue weighted by Gasteiger charge is -2.52. The van der Waals surface area contributed by atoms with Crippen LogP contribution in [0.5, 0.6) is 0 Å². The van der Waals surface area contributed by atoms with E-state index in [9.17, 15) is 26.3 Å². The third kappa shape index (κ3) is 4.35. The van der Waals surface area contributed by atoms with Crippen molar-refractivity contribution in [1.29, 1.82) is 0 Å². The number of alkyl halides is 6. The largest absolute Gasteiger partial charge is 0.416 e. The van der Waals surface area contributed by atoms with Crippen LogP contribution in [-0.2, 0) is 12.4 Å². The van der Waals surface area contributed by atoms with Crippen molar-refractivity contribution in [3.63, 3.8) is 0 Å². The van der Waals surface area contributed by atoms with Gasteiger partial charge in [0.05, 0.1) is 23.3 Å². The third-order valence-corrected chi connectivity index (χ3v) is 9.99. The summed E-state index contributed by atoms with van der Waals surface area (Å²) in [7, 11) is 0. The lowest BCUT2D eigenvalue weighted by atomic mass is 9.59. The molecular formula is C34H32F6N2. The number of benzene rings is 3. The Bertz CT molecular complexity index is 1390. The fourth-order valence-corrected chi connectivity index (χ4v) is 8.39. The molecule has 42 heavy (non-hydrogen) atoms. The van der Waals surface area contributed by atoms with Crippen molar-refractivity contribution in [2.24, 2.45) is 0 Å². The van der Waals surface area contributed by atoms with E-state index in [1.165, 1.54) is 17.5 Å². The molecule has 0 aromatic heterocycles. The van der Waals surface area contributed by atoms with Gasteiger partial charge in [-0.15, -0.1) is 0 Å². The molecule has 1 saturated heterocycles. The number of hydrogen-bond donors (Lipinski definition) is 0. The van der Waals surface area contributed by atoms with E-state index in [0.29, 0.717) is 0 Å². The fourth-order valence-electron chi connectivity index (χ4n) is 8.39. The molecule has 1 heterocycles. The van der Waals surface area contributed by atoms with E-state index in [1.54, 1.807) is 4.90 Å². The summed E-state index contributed by atoms with van der Waals surface area (Å²) >= 11 is 0. The predicted molar refractivity (Wildman–Crippen MR) is 149 cm³/mol. The second-order valence-electron chi connectivity index (χ2n) is 12.2. The molecule has 0 N–H and O–H groups in total. The summed E-state index contributed by atoms with van der Waals surface area (Å²) in [6.07, 6.45) is -3.51. The standard InChI is InChI=1S/C34H32F6N2/c1-20-41(23-11-5-3-2-4-6-12-23)31-29-25-13-7-9-15-27(25)30(28-16-10-8-14-26(28)29)32(31)42(20)24-18-21(33(35,36)37)17-22(19-24)34(38,39)40/h1,7-10,13-20,23,29-32H,2-6,11-12H2/t20?,29?,30?,31-,32+/m1/s1. The van der Waals surface area contributed by atoms with E-state index < -0.39 is 35.7 Å². The minimum absolute atomic E-state index is 0.0874. The van der Waals surface area contributed by atoms with Crippen molar-refractivity contribution >= 4 is 5.69 Å². The van der Waals surface area contributed by atoms with Crippen LogP contribution in [0.4, 0.5) is 32.0 Å². The molecule has 2 bridgehead atoms. The smallest absolute Gasteiger partial charge is 0.350 e. The minimum Gasteiger partial charge on any atom is -0.350 e. The van der Waals surface area contributed by atoms with Gasteiger partial charge in [0.15, 0.2) is 0 Å². The predicted octanol–water partition coefficient (Wildman–Crippen LogP) is 9.02. The SMILES string of the molecule is [CH]C1N(c2cc(C(F)(F)F)cc(C(F)(F)F)c2)[C@H]2C3c4ccccc4C(c4ccccc43)[C@H]2N1C1CCCCCCC1. The van der Waals surface area contributed by atoms with Crippen molar-refractivity contribution in [2.75, 3.05) is 4.90 Å². The Balaban J connectivity index is 1.45. The monoisotopic (exact) mass is 582 g/mol. The zero-order valence-corrected chi connectivity index (χ0v) is 23.0. The molecule has 0 spiro atoms. The lowest BCUT2D eigenvalue weighted by Crippen LogP contribution is -2.55. The Morgan fingerprint density at radius 3 is 1.48 bits per heavy atom. The highest BCUT2D eigenvalue weighted by Crippen LogP contribution is 2.60. The topological polar surface area (TPSA) is 6.48 Å². The Kier molecular flexibility index (Phi) is 6.64. The number of nitrogens with zero attached hydrogens (tertiary/aromatic N) is 2. The van der Waals surface area contributed by atoms with Crippen LogP contribution in [0.25, 0.3) is 0 Å². The molecule has 2 radical (unpaired) electrons. The lowest BCUT2D eigenvalue weighted by molar-refractivity contribution is -0.143. The number of anilines is 1. The van der Waals surface area contributed by atoms with E-state index in [1.807, 2.05) is 24.3 Å². The highest BCUT2D eigenvalue weighted by Gasteiger charge is 2.60. The van der Waals surface area contributed by atoms with Gasteiger partial charge in [-0.25, -0.2) is 0 Å². The Labute approximate surface area is 242 Å². The minimum atomic E-state index is -4.94. The molecule has 8 rings (SSSR count). The molecule has 8 heteroatoms. The normalized spacial score (nSPS) is 28.2. The van der Waals surface area contributed by atoms with Crippen LogP contribution in [0.3, 0.4) is 0 Å². The molecule has 3 aromatic rings. The maximum atomic E-state index is 14.0. The molecule has 220 valence electrons. The van der Waals surface area contributed by atoms with Gasteiger partial charge in [-0.05, 0) is 53.3 Å². The highest BCUT2D eigenvalue weighted by atomic mass is 19.4. The van der Waals surface area contributed by atoms with Gasteiger partial charge in [0, 0.05) is 36.5 Å². The van der Waals surface area contributed by atoms with Crippen molar-refractivity contribution in [2.45, 2.75) is 93.4 Å². The second kappa shape index (κ2) is 10.0. The first-order valence-corrected chi connectivity index (χ1v) is 14.8. The number of halogens is 6. The summed E-state index contributed by atoms with van der Waals surface area (Å²) in [6.45, 7) is 7.07. The summed E-state index contributed by atoms with van der Waals surface area (Å²) < 4.78 is 84.1. The Morgan fingerprint density at radius 1 is 0.595 bits per heavy atom. The third-order valence-electron chi connectivity index (χ3n) is 9.99. The van der Waals surface area contributed by atoms with Crippen LogP contribution in [0.1, 0.15) is 90.2 Å². The molecule has 1 aliphatic heterocycles. The maximum absolute atomic E-state index is 14.0. The molecule has 2 nitrogen and oxygen atoms in total. The van der Waals surface area contributed by atoms with Crippen LogP contribution in [0.15, 0.2) is 66.7 Å².